The fourth-order valence-corrected chi connectivity index (χ4v) is 9.54. The number of anilines is 3. The van der Waals surface area contributed by atoms with Crippen molar-refractivity contribution in [1.29, 1.82) is 0 Å². The van der Waals surface area contributed by atoms with Crippen LogP contribution in [0.25, 0.3) is 77.2 Å². The molecule has 0 N–H and O–H groups in total. The molecule has 0 saturated carbocycles. The van der Waals surface area contributed by atoms with Crippen LogP contribution in [0.1, 0.15) is 99.2 Å². The van der Waals surface area contributed by atoms with E-state index in [1.807, 2.05) is 0 Å². The largest absolute Gasteiger partial charge is 0.456 e. The Morgan fingerprint density at radius 1 is 0.414 bits per heavy atom. The zero-order valence-corrected chi connectivity index (χ0v) is 35.6. The Bertz CT molecular complexity index is 6200. The molecule has 0 aliphatic heterocycles. The minimum atomic E-state index is -3.84. The minimum Gasteiger partial charge on any atom is -0.456 e. The number of hydrogen-bond donors (Lipinski definition) is 0. The van der Waals surface area contributed by atoms with Gasteiger partial charge in [-0.15, -0.1) is 0 Å². The zero-order valence-electron chi connectivity index (χ0n) is 73.6. The van der Waals surface area contributed by atoms with Gasteiger partial charge in [0.1, 0.15) is 11.2 Å². The average molecular weight is 932 g/mol. The summed E-state index contributed by atoms with van der Waals surface area (Å²) in [7, 11) is 0. The number of furan rings is 1. The van der Waals surface area contributed by atoms with E-state index < -0.39 is 329 Å². The van der Waals surface area contributed by atoms with E-state index in [0.29, 0.717) is 4.90 Å². The number of benzene rings is 11. The van der Waals surface area contributed by atoms with E-state index in [1.165, 1.54) is 0 Å². The summed E-state index contributed by atoms with van der Waals surface area (Å²) in [6, 6.07) is -22.3. The molecule has 12 aromatic rings. The molecule has 2 heteroatoms. The molecule has 2 aliphatic rings. The summed E-state index contributed by atoms with van der Waals surface area (Å²) in [5, 5.41) is -1.44. The van der Waals surface area contributed by atoms with Crippen LogP contribution in [0.3, 0.4) is 0 Å². The number of nitrogens with zero attached hydrogens (tertiary/aromatic N) is 1. The van der Waals surface area contributed by atoms with Crippen LogP contribution in [0, 0.1) is 0 Å². The highest BCUT2D eigenvalue weighted by Gasteiger charge is 2.46. The van der Waals surface area contributed by atoms with E-state index in [9.17, 15) is 23.3 Å². The SMILES string of the molecule is [2H]c1cc(C2(c3c([2H])ccc([2H])c3[2H])c3c([2H])c([2H])c([2H])c([2H])c3-c3c([2H])c([2H])c(N(c4cc([2H])c5c(c4)oc4c([2H])c([2H])c([2H])c([2H])c45)c4c([2H])c([2H])cc(-c5c([2H])cc6cc([2H])c([2H])c([2H])c6c5-c5cc([2H])c6c(c5[2H])-c5c([2H])c([2H])c([2H])c([2H])c5C6(C([2H])([2H])[2H])C([2H])([2H])[2H])c4[2H])c([2H])c32)c([2H])c([2H])c1[2H]. The van der Waals surface area contributed by atoms with Crippen LogP contribution in [-0.2, 0) is 10.8 Å². The summed E-state index contributed by atoms with van der Waals surface area (Å²) in [5.41, 5.74) is -21.7. The first-order valence-corrected chi connectivity index (χ1v) is 21.3. The third-order valence-corrected chi connectivity index (χ3v) is 12.5. The molecular formula is C68H47NO. The summed E-state index contributed by atoms with van der Waals surface area (Å²) >= 11 is 0. The topological polar surface area (TPSA) is 16.4 Å². The van der Waals surface area contributed by atoms with Gasteiger partial charge in [-0.05, 0) is 137 Å². The molecule has 330 valence electrons. The Kier molecular flexibility index (Phi) is 3.89. The molecule has 11 aromatic carbocycles. The average Bonchev–Trinajstić information content (AvgIpc) is 1.49. The van der Waals surface area contributed by atoms with Gasteiger partial charge in [0.15, 0.2) is 0 Å². The molecule has 2 aliphatic carbocycles. The lowest BCUT2D eigenvalue weighted by atomic mass is 9.67. The number of hydrogen-bond acceptors (Lipinski definition) is 2. The third-order valence-electron chi connectivity index (χ3n) is 12.5. The highest BCUT2D eigenvalue weighted by Crippen LogP contribution is 2.58. The molecule has 0 saturated heterocycles. The fourth-order valence-electron chi connectivity index (χ4n) is 9.54. The van der Waals surface area contributed by atoms with Gasteiger partial charge >= 0.3 is 0 Å². The first kappa shape index (κ1) is 17.7. The lowest BCUT2D eigenvalue weighted by molar-refractivity contribution is 0.660. The van der Waals surface area contributed by atoms with Gasteiger partial charge in [0.25, 0.3) is 0 Å². The Morgan fingerprint density at radius 3 is 2.09 bits per heavy atom. The highest BCUT2D eigenvalue weighted by molar-refractivity contribution is 6.07. The zero-order chi connectivity index (χ0) is 79.4. The van der Waals surface area contributed by atoms with Crippen molar-refractivity contribution < 1.29 is 56.5 Å². The molecule has 14 rings (SSSR count). The Morgan fingerprint density at radius 2 is 1.16 bits per heavy atom. The van der Waals surface area contributed by atoms with Crippen molar-refractivity contribution in [2.45, 2.75) is 24.5 Å². The van der Waals surface area contributed by atoms with Gasteiger partial charge in [-0.25, -0.2) is 0 Å². The van der Waals surface area contributed by atoms with Crippen LogP contribution >= 0.6 is 0 Å². The molecule has 1 heterocycles. The molecule has 0 bridgehead atoms. The summed E-state index contributed by atoms with van der Waals surface area (Å²) in [6.07, 6.45) is 0. The Labute approximate surface area is 461 Å². The Balaban J connectivity index is 1.20. The molecular weight excluding hydrogens is 847 g/mol. The lowest BCUT2D eigenvalue weighted by Crippen LogP contribution is -2.28. The van der Waals surface area contributed by atoms with E-state index >= 15 is 0 Å². The number of para-hydroxylation sites is 1. The van der Waals surface area contributed by atoms with Crippen molar-refractivity contribution in [2.75, 3.05) is 4.90 Å². The van der Waals surface area contributed by atoms with Gasteiger partial charge in [0.2, 0.25) is 0 Å². The molecule has 2 nitrogen and oxygen atoms in total. The molecule has 0 spiro atoms. The van der Waals surface area contributed by atoms with Gasteiger partial charge in [-0.1, -0.05) is 207 Å². The predicted molar refractivity (Wildman–Crippen MR) is 292 cm³/mol. The molecule has 1 unspecified atom stereocenters. The third kappa shape index (κ3) is 5.87. The van der Waals surface area contributed by atoms with Crippen molar-refractivity contribution >= 4 is 49.8 Å². The number of rotatable bonds is 7. The fraction of sp³-hybridized carbons (Fsp3) is 0.0588. The first-order chi connectivity index (χ1) is 50.2. The van der Waals surface area contributed by atoms with E-state index in [1.54, 1.807) is 0 Å². The van der Waals surface area contributed by atoms with Crippen LogP contribution in [0.4, 0.5) is 17.1 Å². The van der Waals surface area contributed by atoms with Crippen LogP contribution in [0.2, 0.25) is 0 Å². The molecule has 1 aromatic heterocycles. The molecule has 0 radical (unpaired) electrons. The standard InChI is InChI=1S/C68H47NO/c1-67(2)60-29-14-11-27-55(60)59-41-46(33-39-61(59)67)66-52-25-10-9-18-44(52)32-36-53(66)45-19-17-24-49(40-45)69(51-35-38-58-57-28-13-16-31-64(57)70-65(58)43-51)50-34-37-56-54-26-12-15-30-62(54)68(63(56)42-50,47-20-5-3-6-21-47)48-22-7-4-8-23-48/h3-43H,1-2H3/i1D3,2D3,3D,5D,6D,7D,9D,10D,11D,12D,13D,14D,15D,16D,17D,20D,22D,23D,24D,25D,26D,27D,28D,29D,30D,31D,34D,36D,37D,38D,39D,40D,41D,42D. The maximum atomic E-state index is 11.0. The summed E-state index contributed by atoms with van der Waals surface area (Å²) in [4.78, 5) is 0.650. The summed E-state index contributed by atoms with van der Waals surface area (Å²) < 4.78 is 363. The van der Waals surface area contributed by atoms with Crippen molar-refractivity contribution in [3.05, 3.63) is 281 Å². The summed E-state index contributed by atoms with van der Waals surface area (Å²) in [6.45, 7) is -7.67. The van der Waals surface area contributed by atoms with Crippen LogP contribution in [-0.4, -0.2) is 0 Å². The second-order valence-corrected chi connectivity index (χ2v) is 16.2. The van der Waals surface area contributed by atoms with E-state index in [2.05, 4.69) is 0 Å². The van der Waals surface area contributed by atoms with E-state index in [-0.39, 0.29) is 16.2 Å². The van der Waals surface area contributed by atoms with Gasteiger partial charge in [-0.3, -0.25) is 0 Å². The maximum absolute atomic E-state index is 11.0. The molecule has 70 heavy (non-hydrogen) atoms. The van der Waals surface area contributed by atoms with Crippen LogP contribution < -0.4 is 4.90 Å². The molecule has 0 amide bonds. The second-order valence-electron chi connectivity index (χ2n) is 16.2. The second kappa shape index (κ2) is 15.4. The molecule has 1 atom stereocenters. The van der Waals surface area contributed by atoms with Gasteiger partial charge in [-0.2, -0.15) is 0 Å². The monoisotopic (exact) mass is 932 g/mol. The van der Waals surface area contributed by atoms with Crippen molar-refractivity contribution in [2.24, 2.45) is 0 Å². The van der Waals surface area contributed by atoms with Gasteiger partial charge < -0.3 is 9.32 Å². The first-order valence-electron chi connectivity index (χ1n) is 40.3. The van der Waals surface area contributed by atoms with Crippen molar-refractivity contribution in [1.82, 2.24) is 0 Å². The summed E-state index contributed by atoms with van der Waals surface area (Å²) in [5.74, 6) is 0. The smallest absolute Gasteiger partial charge is 0.137 e. The van der Waals surface area contributed by atoms with Crippen LogP contribution in [0.5, 0.6) is 0 Å². The predicted octanol–water partition coefficient (Wildman–Crippen LogP) is 18.2. The minimum absolute atomic E-state index is 0.255. The van der Waals surface area contributed by atoms with Crippen molar-refractivity contribution in [3.63, 3.8) is 0 Å². The maximum Gasteiger partial charge on any atom is 0.137 e. The molecule has 0 fully saturated rings. The normalized spacial score (nSPS) is 23.2. The van der Waals surface area contributed by atoms with E-state index in [4.69, 9.17) is 33.2 Å². The number of fused-ring (bicyclic) bond motifs is 10. The van der Waals surface area contributed by atoms with Gasteiger partial charge in [0.05, 0.1) is 49.3 Å². The Hall–Kier alpha value is -8.72. The quantitative estimate of drug-likeness (QED) is 0.158. The van der Waals surface area contributed by atoms with E-state index in [0.717, 1.165) is 54.6 Å². The van der Waals surface area contributed by atoms with Gasteiger partial charge in [0, 0.05) is 47.5 Å². The lowest BCUT2D eigenvalue weighted by Gasteiger charge is -2.35. The van der Waals surface area contributed by atoms with Crippen molar-refractivity contribution in [3.8, 4) is 44.5 Å². The highest BCUT2D eigenvalue weighted by atomic mass is 16.3. The van der Waals surface area contributed by atoms with Crippen LogP contribution in [0.15, 0.2) is 252 Å².